The summed E-state index contributed by atoms with van der Waals surface area (Å²) in [5.74, 6) is 0.457. The predicted octanol–water partition coefficient (Wildman–Crippen LogP) is 1.75. The van der Waals surface area contributed by atoms with Crippen molar-refractivity contribution >= 4 is 32.9 Å². The SMILES string of the molecule is Cc1cc(NCCNS(=O)(=O)c2cccs2)ncc1[N+](=O)[O-]. The molecule has 0 spiro atoms. The van der Waals surface area contributed by atoms with Gasteiger partial charge in [-0.1, -0.05) is 6.07 Å². The van der Waals surface area contributed by atoms with Crippen LogP contribution in [0.5, 0.6) is 0 Å². The summed E-state index contributed by atoms with van der Waals surface area (Å²) in [5, 5.41) is 15.3. The molecule has 0 saturated carbocycles. The number of aromatic nitrogens is 1. The third kappa shape index (κ3) is 4.00. The molecule has 2 heterocycles. The molecular formula is C12H14N4O4S2. The number of rotatable bonds is 7. The number of anilines is 1. The van der Waals surface area contributed by atoms with Crippen LogP contribution in [-0.2, 0) is 10.0 Å². The Kier molecular flexibility index (Phi) is 5.06. The fraction of sp³-hybridized carbons (Fsp3) is 0.250. The molecule has 0 aromatic carbocycles. The Balaban J connectivity index is 1.87. The van der Waals surface area contributed by atoms with Gasteiger partial charge >= 0.3 is 0 Å². The van der Waals surface area contributed by atoms with Gasteiger partial charge in [-0.15, -0.1) is 11.3 Å². The van der Waals surface area contributed by atoms with E-state index in [-0.39, 0.29) is 16.4 Å². The van der Waals surface area contributed by atoms with Gasteiger partial charge in [-0.2, -0.15) is 0 Å². The second-order valence-corrected chi connectivity index (χ2v) is 7.31. The molecule has 0 saturated heterocycles. The first-order valence-electron chi connectivity index (χ1n) is 6.28. The molecule has 0 aliphatic rings. The molecular weight excluding hydrogens is 328 g/mol. The molecule has 2 N–H and O–H groups in total. The minimum absolute atomic E-state index is 0.0519. The van der Waals surface area contributed by atoms with Gasteiger partial charge in [0.05, 0.1) is 4.92 Å². The van der Waals surface area contributed by atoms with Crippen LogP contribution in [0.15, 0.2) is 34.0 Å². The maximum absolute atomic E-state index is 11.9. The second kappa shape index (κ2) is 6.81. The molecule has 0 amide bonds. The molecule has 8 nitrogen and oxygen atoms in total. The van der Waals surface area contributed by atoms with Gasteiger partial charge in [0.2, 0.25) is 10.0 Å². The lowest BCUT2D eigenvalue weighted by Gasteiger charge is -2.07. The summed E-state index contributed by atoms with van der Waals surface area (Å²) in [5.41, 5.74) is 0.436. The van der Waals surface area contributed by atoms with Crippen LogP contribution in [0.2, 0.25) is 0 Å². The zero-order valence-electron chi connectivity index (χ0n) is 11.6. The van der Waals surface area contributed by atoms with Crippen molar-refractivity contribution in [2.75, 3.05) is 18.4 Å². The molecule has 0 atom stereocenters. The van der Waals surface area contributed by atoms with Crippen molar-refractivity contribution in [3.8, 4) is 0 Å². The number of nitrogens with zero attached hydrogens (tertiary/aromatic N) is 2. The van der Waals surface area contributed by atoms with E-state index in [1.54, 1.807) is 24.4 Å². The first kappa shape index (κ1) is 16.3. The Morgan fingerprint density at radius 2 is 2.18 bits per heavy atom. The first-order valence-corrected chi connectivity index (χ1v) is 8.64. The van der Waals surface area contributed by atoms with E-state index < -0.39 is 14.9 Å². The maximum Gasteiger partial charge on any atom is 0.290 e. The summed E-state index contributed by atoms with van der Waals surface area (Å²) < 4.78 is 26.4. The molecule has 0 bridgehead atoms. The minimum Gasteiger partial charge on any atom is -0.369 e. The van der Waals surface area contributed by atoms with E-state index in [2.05, 4.69) is 15.0 Å². The van der Waals surface area contributed by atoms with E-state index >= 15 is 0 Å². The van der Waals surface area contributed by atoms with E-state index in [4.69, 9.17) is 0 Å². The lowest BCUT2D eigenvalue weighted by Crippen LogP contribution is -2.28. The summed E-state index contributed by atoms with van der Waals surface area (Å²) >= 11 is 1.14. The van der Waals surface area contributed by atoms with Crippen LogP contribution in [0.3, 0.4) is 0 Å². The highest BCUT2D eigenvalue weighted by Gasteiger charge is 2.14. The highest BCUT2D eigenvalue weighted by molar-refractivity contribution is 7.91. The van der Waals surface area contributed by atoms with E-state index in [0.717, 1.165) is 11.3 Å². The number of hydrogen-bond acceptors (Lipinski definition) is 7. The fourth-order valence-corrected chi connectivity index (χ4v) is 3.77. The molecule has 2 rings (SSSR count). The Bertz CT molecular complexity index is 759. The van der Waals surface area contributed by atoms with Gasteiger partial charge in [0.15, 0.2) is 0 Å². The van der Waals surface area contributed by atoms with Crippen molar-refractivity contribution in [3.63, 3.8) is 0 Å². The molecule has 10 heteroatoms. The summed E-state index contributed by atoms with van der Waals surface area (Å²) in [6.45, 7) is 2.11. The van der Waals surface area contributed by atoms with E-state index in [1.807, 2.05) is 0 Å². The van der Waals surface area contributed by atoms with Crippen molar-refractivity contribution < 1.29 is 13.3 Å². The Hall–Kier alpha value is -2.04. The standard InChI is InChI=1S/C12H14N4O4S2/c1-9-7-11(14-8-10(9)16(17)18)13-4-5-15-22(19,20)12-3-2-6-21-12/h2-3,6-8,15H,4-5H2,1H3,(H,13,14). The summed E-state index contributed by atoms with van der Waals surface area (Å²) in [6, 6.07) is 4.74. The number of pyridine rings is 1. The van der Waals surface area contributed by atoms with Gasteiger partial charge in [0, 0.05) is 18.7 Å². The number of nitro groups is 1. The predicted molar refractivity (Wildman–Crippen MR) is 83.6 cm³/mol. The third-order valence-corrected chi connectivity index (χ3v) is 5.62. The van der Waals surface area contributed by atoms with E-state index in [9.17, 15) is 18.5 Å². The lowest BCUT2D eigenvalue weighted by molar-refractivity contribution is -0.385. The summed E-state index contributed by atoms with van der Waals surface area (Å²) in [6.07, 6.45) is 1.17. The van der Waals surface area contributed by atoms with Crippen LogP contribution >= 0.6 is 11.3 Å². The quantitative estimate of drug-likeness (QED) is 0.450. The Labute approximate surface area is 131 Å². The monoisotopic (exact) mass is 342 g/mol. The molecule has 0 fully saturated rings. The lowest BCUT2D eigenvalue weighted by atomic mass is 10.2. The van der Waals surface area contributed by atoms with Crippen LogP contribution in [0.4, 0.5) is 11.5 Å². The first-order chi connectivity index (χ1) is 10.4. The third-order valence-electron chi connectivity index (χ3n) is 2.76. The largest absolute Gasteiger partial charge is 0.369 e. The van der Waals surface area contributed by atoms with Gasteiger partial charge in [-0.25, -0.2) is 18.1 Å². The molecule has 22 heavy (non-hydrogen) atoms. The normalized spacial score (nSPS) is 11.3. The van der Waals surface area contributed by atoms with Crippen LogP contribution in [0.1, 0.15) is 5.56 Å². The zero-order valence-corrected chi connectivity index (χ0v) is 13.3. The molecule has 118 valence electrons. The van der Waals surface area contributed by atoms with Gasteiger partial charge in [0.1, 0.15) is 16.2 Å². The number of hydrogen-bond donors (Lipinski definition) is 2. The second-order valence-electron chi connectivity index (χ2n) is 4.37. The maximum atomic E-state index is 11.9. The average Bonchev–Trinajstić information content (AvgIpc) is 2.98. The van der Waals surface area contributed by atoms with Gasteiger partial charge in [-0.3, -0.25) is 10.1 Å². The van der Waals surface area contributed by atoms with Crippen molar-refractivity contribution in [2.45, 2.75) is 11.1 Å². The van der Waals surface area contributed by atoms with Gasteiger partial charge < -0.3 is 5.32 Å². The molecule has 2 aromatic heterocycles. The zero-order chi connectivity index (χ0) is 16.2. The van der Waals surface area contributed by atoms with Crippen LogP contribution in [0, 0.1) is 17.0 Å². The van der Waals surface area contributed by atoms with E-state index in [1.165, 1.54) is 12.3 Å². The van der Waals surface area contributed by atoms with Crippen LogP contribution in [0.25, 0.3) is 0 Å². The molecule has 0 unspecified atom stereocenters. The number of sulfonamides is 1. The Morgan fingerprint density at radius 3 is 2.77 bits per heavy atom. The topological polar surface area (TPSA) is 114 Å². The number of nitrogens with one attached hydrogen (secondary N) is 2. The van der Waals surface area contributed by atoms with Crippen molar-refractivity contribution in [2.24, 2.45) is 0 Å². The van der Waals surface area contributed by atoms with Gasteiger partial charge in [-0.05, 0) is 24.4 Å². The molecule has 0 aliphatic heterocycles. The fourth-order valence-electron chi connectivity index (χ4n) is 1.70. The van der Waals surface area contributed by atoms with Crippen molar-refractivity contribution in [1.82, 2.24) is 9.71 Å². The molecule has 0 radical (unpaired) electrons. The van der Waals surface area contributed by atoms with Crippen LogP contribution < -0.4 is 10.0 Å². The van der Waals surface area contributed by atoms with E-state index in [0.29, 0.717) is 17.9 Å². The molecule has 0 aliphatic carbocycles. The average molecular weight is 342 g/mol. The Morgan fingerprint density at radius 1 is 1.41 bits per heavy atom. The summed E-state index contributed by atoms with van der Waals surface area (Å²) in [7, 11) is -3.48. The van der Waals surface area contributed by atoms with Crippen molar-refractivity contribution in [3.05, 3.63) is 45.5 Å². The van der Waals surface area contributed by atoms with Gasteiger partial charge in [0.25, 0.3) is 5.69 Å². The van der Waals surface area contributed by atoms with Crippen molar-refractivity contribution in [1.29, 1.82) is 0 Å². The smallest absolute Gasteiger partial charge is 0.290 e. The minimum atomic E-state index is -3.48. The highest BCUT2D eigenvalue weighted by atomic mass is 32.2. The van der Waals surface area contributed by atoms with Crippen LogP contribution in [-0.4, -0.2) is 31.4 Å². The highest BCUT2D eigenvalue weighted by Crippen LogP contribution is 2.18. The molecule has 2 aromatic rings. The summed E-state index contributed by atoms with van der Waals surface area (Å²) in [4.78, 5) is 14.1. The number of aryl methyl sites for hydroxylation is 1. The number of thiophene rings is 1.